The fourth-order valence-corrected chi connectivity index (χ4v) is 0.861. The maximum Gasteiger partial charge on any atom is 2.00 e. The van der Waals surface area contributed by atoms with Gasteiger partial charge in [0.1, 0.15) is 0 Å². The Balaban J connectivity index is 0.000001000. The topological polar surface area (TPSA) is 49.4 Å². The van der Waals surface area contributed by atoms with Gasteiger partial charge in [-0.3, -0.25) is 4.52 Å². The van der Waals surface area contributed by atoms with Crippen LogP contribution in [0.4, 0.5) is 0 Å². The van der Waals surface area contributed by atoms with Crippen molar-refractivity contribution in [3.8, 4) is 5.75 Å². The summed E-state index contributed by atoms with van der Waals surface area (Å²) in [5, 5.41) is 0. The standard InChI is InChI=1S/C6H5O3P.Cr/c7-10(8)9-6-4-2-1-3-5-6;/h1-5H;/q;+2. The summed E-state index contributed by atoms with van der Waals surface area (Å²) in [7, 11) is -2.78. The molecule has 0 spiro atoms. The van der Waals surface area contributed by atoms with Gasteiger partial charge in [0.25, 0.3) is 0 Å². The zero-order chi connectivity index (χ0) is 7.40. The number of para-hydroxylation sites is 1. The predicted molar refractivity (Wildman–Crippen MR) is 34.7 cm³/mol. The molecule has 1 atom stereocenters. The minimum atomic E-state index is -2.78. The zero-order valence-electron chi connectivity index (χ0n) is 5.47. The van der Waals surface area contributed by atoms with Gasteiger partial charge in [0.2, 0.25) is 0 Å². The fourth-order valence-electron chi connectivity index (χ4n) is 0.567. The van der Waals surface area contributed by atoms with Crippen LogP contribution in [0.5, 0.6) is 5.75 Å². The first-order valence-electron chi connectivity index (χ1n) is 2.66. The summed E-state index contributed by atoms with van der Waals surface area (Å²) in [5.74, 6) is 0.346. The predicted octanol–water partition coefficient (Wildman–Crippen LogP) is 1.08. The molecule has 0 amide bonds. The largest absolute Gasteiger partial charge is 2.00 e. The van der Waals surface area contributed by atoms with Gasteiger partial charge in [0.15, 0.2) is 5.75 Å². The van der Waals surface area contributed by atoms with Crippen LogP contribution in [0.2, 0.25) is 0 Å². The van der Waals surface area contributed by atoms with Crippen LogP contribution in [-0.4, -0.2) is 0 Å². The molecule has 0 fully saturated rings. The molecule has 0 N–H and O–H groups in total. The van der Waals surface area contributed by atoms with Crippen LogP contribution in [0.3, 0.4) is 0 Å². The van der Waals surface area contributed by atoms with Crippen LogP contribution >= 0.6 is 8.25 Å². The third kappa shape index (κ3) is 4.13. The van der Waals surface area contributed by atoms with E-state index in [0.717, 1.165) is 0 Å². The van der Waals surface area contributed by atoms with Crippen molar-refractivity contribution in [3.63, 3.8) is 0 Å². The van der Waals surface area contributed by atoms with Crippen molar-refractivity contribution in [3.05, 3.63) is 30.3 Å². The Kier molecular flexibility index (Phi) is 5.10. The second kappa shape index (κ2) is 5.29. The molecule has 1 aromatic rings. The van der Waals surface area contributed by atoms with Crippen molar-refractivity contribution in [1.29, 1.82) is 0 Å². The van der Waals surface area contributed by atoms with E-state index in [1.54, 1.807) is 30.3 Å². The van der Waals surface area contributed by atoms with E-state index in [1.807, 2.05) is 0 Å². The summed E-state index contributed by atoms with van der Waals surface area (Å²) >= 11 is 0. The second-order valence-electron chi connectivity index (χ2n) is 1.63. The van der Waals surface area contributed by atoms with Gasteiger partial charge in [-0.05, 0) is 16.7 Å². The van der Waals surface area contributed by atoms with Crippen LogP contribution in [-0.2, 0) is 21.9 Å². The summed E-state index contributed by atoms with van der Waals surface area (Å²) in [4.78, 5) is 9.98. The maximum absolute atomic E-state index is 9.98. The summed E-state index contributed by atoms with van der Waals surface area (Å²) in [6, 6.07) is 8.34. The summed E-state index contributed by atoms with van der Waals surface area (Å²) in [6.07, 6.45) is 0. The van der Waals surface area contributed by atoms with E-state index in [-0.39, 0.29) is 17.4 Å². The average Bonchev–Trinajstić information content (AvgIpc) is 1.88. The molecule has 0 aliphatic heterocycles. The van der Waals surface area contributed by atoms with Crippen LogP contribution < -0.4 is 9.42 Å². The van der Waals surface area contributed by atoms with Gasteiger partial charge >= 0.3 is 25.6 Å². The third-order valence-corrected chi connectivity index (χ3v) is 1.28. The Hall–Kier alpha value is -0.388. The molecule has 0 aliphatic carbocycles. The molecule has 5 heteroatoms. The normalized spacial score (nSPS) is 9.73. The van der Waals surface area contributed by atoms with Gasteiger partial charge < -0.3 is 4.89 Å². The Morgan fingerprint density at radius 1 is 1.27 bits per heavy atom. The number of hydrogen-bond acceptors (Lipinski definition) is 3. The Morgan fingerprint density at radius 3 is 2.27 bits per heavy atom. The summed E-state index contributed by atoms with van der Waals surface area (Å²) in [6.45, 7) is 0. The number of benzene rings is 1. The van der Waals surface area contributed by atoms with Crippen molar-refractivity contribution in [1.82, 2.24) is 0 Å². The second-order valence-corrected chi connectivity index (χ2v) is 2.26. The molecule has 0 aliphatic rings. The Morgan fingerprint density at radius 2 is 1.82 bits per heavy atom. The van der Waals surface area contributed by atoms with E-state index in [2.05, 4.69) is 4.52 Å². The van der Waals surface area contributed by atoms with Gasteiger partial charge in [-0.15, -0.1) is 0 Å². The van der Waals surface area contributed by atoms with E-state index in [4.69, 9.17) is 0 Å². The molecule has 0 saturated carbocycles. The third-order valence-electron chi connectivity index (χ3n) is 0.923. The average molecular weight is 208 g/mol. The minimum absolute atomic E-state index is 0. The monoisotopic (exact) mass is 208 g/mol. The molecule has 1 unspecified atom stereocenters. The summed E-state index contributed by atoms with van der Waals surface area (Å²) < 4.78 is 14.4. The van der Waals surface area contributed by atoms with Crippen molar-refractivity contribution < 1.29 is 31.3 Å². The smallest absolute Gasteiger partial charge is 0.558 e. The van der Waals surface area contributed by atoms with Crippen LogP contribution in [0.25, 0.3) is 0 Å². The van der Waals surface area contributed by atoms with Crippen molar-refractivity contribution in [2.75, 3.05) is 0 Å². The number of hydrogen-bond donors (Lipinski definition) is 0. The van der Waals surface area contributed by atoms with Crippen molar-refractivity contribution in [2.24, 2.45) is 0 Å². The van der Waals surface area contributed by atoms with Gasteiger partial charge in [-0.2, -0.15) is 0 Å². The zero-order valence-corrected chi connectivity index (χ0v) is 7.64. The fraction of sp³-hybridized carbons (Fsp3) is 0. The van der Waals surface area contributed by atoms with E-state index < -0.39 is 8.25 Å². The van der Waals surface area contributed by atoms with Crippen LogP contribution in [0.15, 0.2) is 30.3 Å². The van der Waals surface area contributed by atoms with E-state index >= 15 is 0 Å². The van der Waals surface area contributed by atoms with E-state index in [1.165, 1.54) is 0 Å². The molecule has 0 bridgehead atoms. The maximum atomic E-state index is 9.98. The van der Waals surface area contributed by atoms with Gasteiger partial charge in [-0.1, -0.05) is 18.2 Å². The van der Waals surface area contributed by atoms with E-state index in [9.17, 15) is 9.46 Å². The SMILES string of the molecule is O=[P+]([O-])Oc1ccccc1.[Cr+2]. The molecule has 0 aromatic heterocycles. The van der Waals surface area contributed by atoms with Crippen LogP contribution in [0, 0.1) is 0 Å². The molecule has 56 valence electrons. The van der Waals surface area contributed by atoms with Gasteiger partial charge in [0.05, 0.1) is 0 Å². The minimum Gasteiger partial charge on any atom is -0.558 e. The van der Waals surface area contributed by atoms with Crippen molar-refractivity contribution >= 4 is 8.25 Å². The molecule has 0 heterocycles. The molecule has 0 radical (unpaired) electrons. The Bertz CT molecular complexity index is 227. The quantitative estimate of drug-likeness (QED) is 0.683. The first-order valence-corrected chi connectivity index (χ1v) is 3.76. The molecule has 1 rings (SSSR count). The molecule has 1 aromatic carbocycles. The van der Waals surface area contributed by atoms with Gasteiger partial charge in [0, 0.05) is 0 Å². The molecule has 0 saturated heterocycles. The Labute approximate surface area is 76.1 Å². The number of rotatable bonds is 2. The molecular formula is C6H5CrO3P+2. The van der Waals surface area contributed by atoms with Crippen LogP contribution in [0.1, 0.15) is 0 Å². The summed E-state index contributed by atoms with van der Waals surface area (Å²) in [5.41, 5.74) is 0. The van der Waals surface area contributed by atoms with Crippen molar-refractivity contribution in [2.45, 2.75) is 0 Å². The van der Waals surface area contributed by atoms with Gasteiger partial charge in [-0.25, -0.2) is 0 Å². The first-order chi connectivity index (χ1) is 4.79. The van der Waals surface area contributed by atoms with E-state index in [0.29, 0.717) is 5.75 Å². The molecular weight excluding hydrogens is 203 g/mol. The first kappa shape index (κ1) is 10.6. The molecule has 11 heavy (non-hydrogen) atoms. The molecule has 3 nitrogen and oxygen atoms in total.